The summed E-state index contributed by atoms with van der Waals surface area (Å²) < 4.78 is 34.6. The molecule has 0 aliphatic heterocycles. The van der Waals surface area contributed by atoms with Crippen molar-refractivity contribution in [2.24, 2.45) is 0 Å². The van der Waals surface area contributed by atoms with Crippen molar-refractivity contribution in [1.82, 2.24) is 0 Å². The number of alkyl halides is 2. The second-order valence-corrected chi connectivity index (χ2v) is 6.84. The average Bonchev–Trinajstić information content (AvgIpc) is 2.56. The van der Waals surface area contributed by atoms with Crippen LogP contribution in [0.15, 0.2) is 45.3 Å². The van der Waals surface area contributed by atoms with Gasteiger partial charge in [-0.05, 0) is 80.7 Å². The molecule has 0 bridgehead atoms. The van der Waals surface area contributed by atoms with Gasteiger partial charge >= 0.3 is 12.6 Å². The Kier molecular flexibility index (Phi) is 7.10. The lowest BCUT2D eigenvalue weighted by molar-refractivity contribution is -0.119. The zero-order valence-corrected chi connectivity index (χ0v) is 16.6. The number of esters is 1. The van der Waals surface area contributed by atoms with Crippen molar-refractivity contribution in [2.45, 2.75) is 13.5 Å². The molecule has 9 heteroatoms. The number of halogens is 4. The Morgan fingerprint density at radius 2 is 1.69 bits per heavy atom. The predicted octanol–water partition coefficient (Wildman–Crippen LogP) is 4.92. The molecule has 26 heavy (non-hydrogen) atoms. The highest BCUT2D eigenvalue weighted by atomic mass is 79.9. The lowest BCUT2D eigenvalue weighted by Crippen LogP contribution is -2.21. The molecule has 0 unspecified atom stereocenters. The first-order valence-electron chi connectivity index (χ1n) is 7.23. The summed E-state index contributed by atoms with van der Waals surface area (Å²) >= 11 is 6.70. The first-order valence-corrected chi connectivity index (χ1v) is 8.82. The van der Waals surface area contributed by atoms with Crippen LogP contribution in [-0.4, -0.2) is 25.1 Å². The van der Waals surface area contributed by atoms with E-state index in [0.717, 1.165) is 5.56 Å². The normalized spacial score (nSPS) is 10.5. The highest BCUT2D eigenvalue weighted by molar-refractivity contribution is 9.11. The van der Waals surface area contributed by atoms with Crippen LogP contribution in [0.25, 0.3) is 0 Å². The fraction of sp³-hybridized carbons (Fsp3) is 0.176. The van der Waals surface area contributed by atoms with Crippen LogP contribution < -0.4 is 10.1 Å². The first kappa shape index (κ1) is 20.3. The van der Waals surface area contributed by atoms with E-state index in [1.807, 2.05) is 19.1 Å². The van der Waals surface area contributed by atoms with E-state index < -0.39 is 25.1 Å². The predicted molar refractivity (Wildman–Crippen MR) is 98.6 cm³/mol. The van der Waals surface area contributed by atoms with Gasteiger partial charge in [0, 0.05) is 8.95 Å². The molecule has 0 saturated carbocycles. The maximum Gasteiger partial charge on any atom is 0.387 e. The largest absolute Gasteiger partial charge is 0.452 e. The molecule has 1 amide bonds. The number of benzene rings is 2. The van der Waals surface area contributed by atoms with Gasteiger partial charge in [-0.2, -0.15) is 8.78 Å². The summed E-state index contributed by atoms with van der Waals surface area (Å²) in [5.41, 5.74) is 1.62. The molecule has 5 nitrogen and oxygen atoms in total. The van der Waals surface area contributed by atoms with Gasteiger partial charge < -0.3 is 14.8 Å². The molecule has 0 aliphatic rings. The Morgan fingerprint density at radius 3 is 2.23 bits per heavy atom. The van der Waals surface area contributed by atoms with E-state index in [1.54, 1.807) is 0 Å². The number of hydrogen-bond acceptors (Lipinski definition) is 4. The SMILES string of the molecule is Cc1cc(Br)c(NC(=O)COC(=O)c2ccc(OC(F)F)cc2)c(Br)c1. The molecule has 0 spiro atoms. The molecule has 0 aromatic heterocycles. The van der Waals surface area contributed by atoms with Crippen LogP contribution in [0.5, 0.6) is 5.75 Å². The highest BCUT2D eigenvalue weighted by Gasteiger charge is 2.14. The zero-order valence-electron chi connectivity index (χ0n) is 13.4. The van der Waals surface area contributed by atoms with Gasteiger partial charge in [0.15, 0.2) is 6.61 Å². The van der Waals surface area contributed by atoms with E-state index in [1.165, 1.54) is 24.3 Å². The molecular weight excluding hydrogens is 480 g/mol. The van der Waals surface area contributed by atoms with Crippen LogP contribution in [0.2, 0.25) is 0 Å². The fourth-order valence-electron chi connectivity index (χ4n) is 1.98. The standard InChI is InChI=1S/C17H13Br2F2NO4/c1-9-6-12(18)15(13(19)7-9)22-14(23)8-25-16(24)10-2-4-11(5-3-10)26-17(20)21/h2-7,17H,8H2,1H3,(H,22,23). The number of carbonyl (C=O) groups excluding carboxylic acids is 2. The van der Waals surface area contributed by atoms with Crippen LogP contribution in [0.3, 0.4) is 0 Å². The summed E-state index contributed by atoms with van der Waals surface area (Å²) in [4.78, 5) is 23.9. The van der Waals surface area contributed by atoms with Gasteiger partial charge in [-0.3, -0.25) is 4.79 Å². The molecule has 2 aromatic carbocycles. The summed E-state index contributed by atoms with van der Waals surface area (Å²) in [5, 5.41) is 2.63. The Morgan fingerprint density at radius 1 is 1.12 bits per heavy atom. The topological polar surface area (TPSA) is 64.6 Å². The van der Waals surface area contributed by atoms with Crippen molar-refractivity contribution in [3.8, 4) is 5.75 Å². The number of hydrogen-bond donors (Lipinski definition) is 1. The third-order valence-electron chi connectivity index (χ3n) is 3.10. The summed E-state index contributed by atoms with van der Waals surface area (Å²) in [6, 6.07) is 8.62. The van der Waals surface area contributed by atoms with Crippen LogP contribution in [0.4, 0.5) is 14.5 Å². The molecule has 0 saturated heterocycles. The quantitative estimate of drug-likeness (QED) is 0.581. The number of ether oxygens (including phenoxy) is 2. The molecule has 0 radical (unpaired) electrons. The number of aryl methyl sites for hydroxylation is 1. The summed E-state index contributed by atoms with van der Waals surface area (Å²) in [6.07, 6.45) is 0. The molecule has 138 valence electrons. The Hall–Kier alpha value is -2.00. The summed E-state index contributed by atoms with van der Waals surface area (Å²) in [6.45, 7) is -1.54. The maximum absolute atomic E-state index is 12.1. The van der Waals surface area contributed by atoms with Gasteiger partial charge in [-0.25, -0.2) is 4.79 Å². The second-order valence-electron chi connectivity index (χ2n) is 5.13. The average molecular weight is 493 g/mol. The van der Waals surface area contributed by atoms with Crippen molar-refractivity contribution in [1.29, 1.82) is 0 Å². The molecule has 1 N–H and O–H groups in total. The summed E-state index contributed by atoms with van der Waals surface area (Å²) in [5.74, 6) is -1.37. The van der Waals surface area contributed by atoms with Crippen molar-refractivity contribution in [3.05, 3.63) is 56.5 Å². The summed E-state index contributed by atoms with van der Waals surface area (Å²) in [7, 11) is 0. The van der Waals surface area contributed by atoms with Gasteiger partial charge in [0.05, 0.1) is 11.3 Å². The molecule has 0 heterocycles. The van der Waals surface area contributed by atoms with Crippen molar-refractivity contribution < 1.29 is 27.8 Å². The third-order valence-corrected chi connectivity index (χ3v) is 4.35. The van der Waals surface area contributed by atoms with Gasteiger partial charge in [0.1, 0.15) is 5.75 Å². The van der Waals surface area contributed by atoms with Gasteiger partial charge in [0.25, 0.3) is 5.91 Å². The number of nitrogens with one attached hydrogen (secondary N) is 1. The van der Waals surface area contributed by atoms with Gasteiger partial charge in [-0.15, -0.1) is 0 Å². The van der Waals surface area contributed by atoms with E-state index >= 15 is 0 Å². The fourth-order valence-corrected chi connectivity index (χ4v) is 3.60. The van der Waals surface area contributed by atoms with Crippen molar-refractivity contribution >= 4 is 49.4 Å². The van der Waals surface area contributed by atoms with Gasteiger partial charge in [-0.1, -0.05) is 0 Å². The van der Waals surface area contributed by atoms with E-state index in [-0.39, 0.29) is 11.3 Å². The Labute approximate surface area is 164 Å². The Bertz CT molecular complexity index is 790. The molecule has 0 atom stereocenters. The number of rotatable bonds is 6. The number of amides is 1. The van der Waals surface area contributed by atoms with Gasteiger partial charge in [0.2, 0.25) is 0 Å². The highest BCUT2D eigenvalue weighted by Crippen LogP contribution is 2.32. The minimum absolute atomic E-state index is 0.0802. The first-order chi connectivity index (χ1) is 12.3. The molecule has 2 rings (SSSR count). The molecule has 0 aliphatic carbocycles. The van der Waals surface area contributed by atoms with E-state index in [0.29, 0.717) is 14.6 Å². The van der Waals surface area contributed by atoms with Crippen LogP contribution in [0, 0.1) is 6.92 Å². The minimum Gasteiger partial charge on any atom is -0.452 e. The second kappa shape index (κ2) is 9.09. The molecule has 2 aromatic rings. The van der Waals surface area contributed by atoms with Crippen LogP contribution >= 0.6 is 31.9 Å². The van der Waals surface area contributed by atoms with E-state index in [9.17, 15) is 18.4 Å². The monoisotopic (exact) mass is 491 g/mol. The van der Waals surface area contributed by atoms with Crippen LogP contribution in [-0.2, 0) is 9.53 Å². The molecular formula is C17H13Br2F2NO4. The lowest BCUT2D eigenvalue weighted by atomic mass is 10.2. The minimum atomic E-state index is -2.95. The van der Waals surface area contributed by atoms with Crippen molar-refractivity contribution in [2.75, 3.05) is 11.9 Å². The Balaban J connectivity index is 1.92. The zero-order chi connectivity index (χ0) is 19.3. The molecule has 0 fully saturated rings. The van der Waals surface area contributed by atoms with Crippen LogP contribution in [0.1, 0.15) is 15.9 Å². The lowest BCUT2D eigenvalue weighted by Gasteiger charge is -2.11. The smallest absolute Gasteiger partial charge is 0.387 e. The van der Waals surface area contributed by atoms with Crippen molar-refractivity contribution in [3.63, 3.8) is 0 Å². The third kappa shape index (κ3) is 5.77. The number of carbonyl (C=O) groups is 2. The number of anilines is 1. The van der Waals surface area contributed by atoms with E-state index in [4.69, 9.17) is 4.74 Å². The van der Waals surface area contributed by atoms with E-state index in [2.05, 4.69) is 41.9 Å². The maximum atomic E-state index is 12.1.